The minimum atomic E-state index is -0.251. The number of aldehydes is 1. The maximum Gasteiger partial charge on any atom is 0.281 e. The van der Waals surface area contributed by atoms with Crippen molar-refractivity contribution in [2.24, 2.45) is 0 Å². The van der Waals surface area contributed by atoms with E-state index in [1.54, 1.807) is 0 Å². The van der Waals surface area contributed by atoms with E-state index in [2.05, 4.69) is 21.0 Å². The first-order valence-electron chi connectivity index (χ1n) is 4.97. The summed E-state index contributed by atoms with van der Waals surface area (Å²) in [4.78, 5) is 22.5. The highest BCUT2D eigenvalue weighted by Crippen LogP contribution is 2.05. The smallest absolute Gasteiger partial charge is 0.281 e. The molecule has 86 valence electrons. The predicted octanol–water partition coefficient (Wildman–Crippen LogP) is 1.87. The molecule has 17 heavy (non-hydrogen) atoms. The van der Waals surface area contributed by atoms with Crippen LogP contribution in [0.5, 0.6) is 0 Å². The fourth-order valence-electron chi connectivity index (χ4n) is 1.45. The summed E-state index contributed by atoms with van der Waals surface area (Å²) >= 11 is 3.12. The summed E-state index contributed by atoms with van der Waals surface area (Å²) in [6, 6.07) is 10.9. The van der Waals surface area contributed by atoms with Gasteiger partial charge in [-0.05, 0) is 27.6 Å². The van der Waals surface area contributed by atoms with Crippen molar-refractivity contribution in [1.29, 1.82) is 0 Å². The Hall–Kier alpha value is -1.75. The van der Waals surface area contributed by atoms with Crippen molar-refractivity contribution < 1.29 is 4.79 Å². The molecule has 0 bridgehead atoms. The van der Waals surface area contributed by atoms with E-state index < -0.39 is 0 Å². The standard InChI is InChI=1S/C12H9BrN2O2/c13-11-6-10(8-16)14-15(12(11)17)7-9-4-2-1-3-5-9/h1-6,8H,7H2. The Morgan fingerprint density at radius 3 is 2.65 bits per heavy atom. The van der Waals surface area contributed by atoms with Gasteiger partial charge in [-0.1, -0.05) is 30.3 Å². The van der Waals surface area contributed by atoms with Crippen molar-refractivity contribution in [2.45, 2.75) is 6.54 Å². The van der Waals surface area contributed by atoms with E-state index in [1.165, 1.54) is 10.7 Å². The third kappa shape index (κ3) is 2.68. The zero-order valence-corrected chi connectivity index (χ0v) is 10.4. The minimum absolute atomic E-state index is 0.229. The molecule has 0 fully saturated rings. The molecule has 0 atom stereocenters. The molecule has 0 saturated heterocycles. The molecule has 0 spiro atoms. The summed E-state index contributed by atoms with van der Waals surface area (Å²) in [5, 5.41) is 3.95. The molecule has 5 heteroatoms. The Morgan fingerprint density at radius 1 is 1.29 bits per heavy atom. The van der Waals surface area contributed by atoms with Crippen molar-refractivity contribution >= 4 is 22.2 Å². The van der Waals surface area contributed by atoms with Crippen LogP contribution >= 0.6 is 15.9 Å². The second kappa shape index (κ2) is 5.05. The number of carbonyl (C=O) groups excluding carboxylic acids is 1. The van der Waals surface area contributed by atoms with Gasteiger partial charge in [-0.2, -0.15) is 5.10 Å². The highest BCUT2D eigenvalue weighted by atomic mass is 79.9. The number of nitrogens with zero attached hydrogens (tertiary/aromatic N) is 2. The lowest BCUT2D eigenvalue weighted by Crippen LogP contribution is -2.25. The molecular weight excluding hydrogens is 284 g/mol. The first kappa shape index (κ1) is 11.7. The van der Waals surface area contributed by atoms with Crippen molar-refractivity contribution in [3.63, 3.8) is 0 Å². The SMILES string of the molecule is O=Cc1cc(Br)c(=O)n(Cc2ccccc2)n1. The third-order valence-corrected chi connectivity index (χ3v) is 2.81. The van der Waals surface area contributed by atoms with Crippen LogP contribution in [0.3, 0.4) is 0 Å². The van der Waals surface area contributed by atoms with Gasteiger partial charge in [-0.15, -0.1) is 0 Å². The van der Waals surface area contributed by atoms with E-state index in [0.29, 0.717) is 17.3 Å². The first-order valence-corrected chi connectivity index (χ1v) is 5.77. The second-order valence-corrected chi connectivity index (χ2v) is 4.34. The normalized spacial score (nSPS) is 10.2. The summed E-state index contributed by atoms with van der Waals surface area (Å²) < 4.78 is 1.61. The highest BCUT2D eigenvalue weighted by Gasteiger charge is 2.06. The molecular formula is C12H9BrN2O2. The van der Waals surface area contributed by atoms with Gasteiger partial charge in [0.05, 0.1) is 11.0 Å². The Labute approximate surface area is 106 Å². The lowest BCUT2D eigenvalue weighted by molar-refractivity contribution is 0.111. The Bertz CT molecular complexity index is 593. The van der Waals surface area contributed by atoms with Gasteiger partial charge in [-0.3, -0.25) is 9.59 Å². The molecule has 1 aromatic heterocycles. The van der Waals surface area contributed by atoms with Crippen LogP contribution in [0.4, 0.5) is 0 Å². The number of rotatable bonds is 3. The topological polar surface area (TPSA) is 52.0 Å². The first-order chi connectivity index (χ1) is 8.20. The summed E-state index contributed by atoms with van der Waals surface area (Å²) in [6.07, 6.45) is 0.617. The van der Waals surface area contributed by atoms with Crippen LogP contribution in [0, 0.1) is 0 Å². The fourth-order valence-corrected chi connectivity index (χ4v) is 1.89. The molecule has 0 aliphatic carbocycles. The molecule has 0 amide bonds. The fraction of sp³-hybridized carbons (Fsp3) is 0.0833. The Kier molecular flexibility index (Phi) is 3.49. The van der Waals surface area contributed by atoms with Gasteiger partial charge in [0.15, 0.2) is 6.29 Å². The number of halogens is 1. The van der Waals surface area contributed by atoms with Gasteiger partial charge in [0.25, 0.3) is 5.56 Å². The van der Waals surface area contributed by atoms with E-state index in [0.717, 1.165) is 5.56 Å². The average molecular weight is 293 g/mol. The Morgan fingerprint density at radius 2 is 2.00 bits per heavy atom. The third-order valence-electron chi connectivity index (χ3n) is 2.25. The van der Waals surface area contributed by atoms with Gasteiger partial charge in [0.1, 0.15) is 5.69 Å². The van der Waals surface area contributed by atoms with E-state index in [4.69, 9.17) is 0 Å². The number of carbonyl (C=O) groups is 1. The lowest BCUT2D eigenvalue weighted by atomic mass is 10.2. The monoisotopic (exact) mass is 292 g/mol. The van der Waals surface area contributed by atoms with E-state index in [9.17, 15) is 9.59 Å². The average Bonchev–Trinajstić information content (AvgIpc) is 2.36. The zero-order valence-electron chi connectivity index (χ0n) is 8.84. The van der Waals surface area contributed by atoms with Crippen LogP contribution < -0.4 is 5.56 Å². The summed E-state index contributed by atoms with van der Waals surface area (Å²) in [5.74, 6) is 0. The van der Waals surface area contributed by atoms with Crippen LogP contribution in [-0.4, -0.2) is 16.1 Å². The van der Waals surface area contributed by atoms with Crippen molar-refractivity contribution in [3.8, 4) is 0 Å². The quantitative estimate of drug-likeness (QED) is 0.812. The maximum atomic E-state index is 11.8. The van der Waals surface area contributed by atoms with Gasteiger partial charge in [0.2, 0.25) is 0 Å². The van der Waals surface area contributed by atoms with Crippen molar-refractivity contribution in [2.75, 3.05) is 0 Å². The van der Waals surface area contributed by atoms with Crippen molar-refractivity contribution in [3.05, 3.63) is 62.5 Å². The molecule has 2 rings (SSSR count). The zero-order chi connectivity index (χ0) is 12.3. The predicted molar refractivity (Wildman–Crippen MR) is 67.1 cm³/mol. The summed E-state index contributed by atoms with van der Waals surface area (Å²) in [6.45, 7) is 0.347. The van der Waals surface area contributed by atoms with Gasteiger partial charge >= 0.3 is 0 Å². The van der Waals surface area contributed by atoms with Crippen LogP contribution in [0.1, 0.15) is 16.1 Å². The molecule has 0 saturated carbocycles. The van der Waals surface area contributed by atoms with Gasteiger partial charge in [-0.25, -0.2) is 4.68 Å². The van der Waals surface area contributed by atoms with Crippen LogP contribution in [0.25, 0.3) is 0 Å². The van der Waals surface area contributed by atoms with Gasteiger partial charge < -0.3 is 0 Å². The molecule has 1 aromatic carbocycles. The van der Waals surface area contributed by atoms with Crippen LogP contribution in [-0.2, 0) is 6.54 Å². The second-order valence-electron chi connectivity index (χ2n) is 3.48. The molecule has 0 unspecified atom stereocenters. The molecule has 1 heterocycles. The number of hydrogen-bond donors (Lipinski definition) is 0. The molecule has 0 radical (unpaired) electrons. The molecule has 2 aromatic rings. The highest BCUT2D eigenvalue weighted by molar-refractivity contribution is 9.10. The van der Waals surface area contributed by atoms with Gasteiger partial charge in [0, 0.05) is 0 Å². The van der Waals surface area contributed by atoms with Crippen LogP contribution in [0.2, 0.25) is 0 Å². The van der Waals surface area contributed by atoms with E-state index in [-0.39, 0.29) is 11.3 Å². The number of aromatic nitrogens is 2. The Balaban J connectivity index is 2.42. The summed E-state index contributed by atoms with van der Waals surface area (Å²) in [5.41, 5.74) is 0.934. The molecule has 0 aliphatic rings. The van der Waals surface area contributed by atoms with E-state index >= 15 is 0 Å². The maximum absolute atomic E-state index is 11.8. The number of hydrogen-bond acceptors (Lipinski definition) is 3. The molecule has 4 nitrogen and oxygen atoms in total. The van der Waals surface area contributed by atoms with E-state index in [1.807, 2.05) is 30.3 Å². The molecule has 0 aliphatic heterocycles. The van der Waals surface area contributed by atoms with Crippen molar-refractivity contribution in [1.82, 2.24) is 9.78 Å². The largest absolute Gasteiger partial charge is 0.296 e. The molecule has 0 N–H and O–H groups in total. The minimum Gasteiger partial charge on any atom is -0.296 e. The van der Waals surface area contributed by atoms with Crippen LogP contribution in [0.15, 0.2) is 45.7 Å². The number of benzene rings is 1. The summed E-state index contributed by atoms with van der Waals surface area (Å²) in [7, 11) is 0. The lowest BCUT2D eigenvalue weighted by Gasteiger charge is -2.05.